The summed E-state index contributed by atoms with van der Waals surface area (Å²) < 4.78 is 23.9. The number of halogens is 1. The van der Waals surface area contributed by atoms with Crippen molar-refractivity contribution in [3.63, 3.8) is 0 Å². The fraction of sp³-hybridized carbons (Fsp3) is 0.250. The lowest BCUT2D eigenvalue weighted by molar-refractivity contribution is -0.130. The SMILES string of the molecule is COc1ccc2c(C[C@@H](NC(=O)[C@@H](Cc3cccc(F)c3)NC(C)=O)C(N)=O)cc(=O)oc2c1. The maximum atomic E-state index is 13.6. The summed E-state index contributed by atoms with van der Waals surface area (Å²) in [6.45, 7) is 1.24. The van der Waals surface area contributed by atoms with Gasteiger partial charge in [-0.05, 0) is 35.4 Å². The number of methoxy groups -OCH3 is 1. The Kier molecular flexibility index (Phi) is 7.62. The van der Waals surface area contributed by atoms with Gasteiger partial charge in [-0.1, -0.05) is 12.1 Å². The third-order valence-corrected chi connectivity index (χ3v) is 5.14. The number of carbonyl (C=O) groups is 3. The molecule has 0 spiro atoms. The molecule has 0 radical (unpaired) electrons. The number of nitrogens with one attached hydrogen (secondary N) is 2. The van der Waals surface area contributed by atoms with E-state index in [0.29, 0.717) is 22.3 Å². The number of rotatable bonds is 9. The molecule has 0 saturated carbocycles. The molecule has 1 heterocycles. The van der Waals surface area contributed by atoms with Gasteiger partial charge in [-0.3, -0.25) is 14.4 Å². The molecule has 178 valence electrons. The average molecular weight is 469 g/mol. The minimum absolute atomic E-state index is 0.00763. The normalized spacial score (nSPS) is 12.6. The molecule has 4 N–H and O–H groups in total. The van der Waals surface area contributed by atoms with Gasteiger partial charge in [0, 0.05) is 37.3 Å². The molecule has 10 heteroatoms. The zero-order chi connectivity index (χ0) is 24.8. The molecule has 9 nitrogen and oxygen atoms in total. The van der Waals surface area contributed by atoms with Crippen molar-refractivity contribution in [1.82, 2.24) is 10.6 Å². The molecule has 1 aromatic heterocycles. The van der Waals surface area contributed by atoms with Gasteiger partial charge >= 0.3 is 5.63 Å². The highest BCUT2D eigenvalue weighted by atomic mass is 19.1. The van der Waals surface area contributed by atoms with Gasteiger partial charge in [-0.25, -0.2) is 9.18 Å². The smallest absolute Gasteiger partial charge is 0.336 e. The summed E-state index contributed by atoms with van der Waals surface area (Å²) in [7, 11) is 1.47. The first kappa shape index (κ1) is 24.4. The lowest BCUT2D eigenvalue weighted by Crippen LogP contribution is -2.54. The van der Waals surface area contributed by atoms with Gasteiger partial charge in [0.1, 0.15) is 29.2 Å². The number of amides is 3. The van der Waals surface area contributed by atoms with Crippen LogP contribution in [0.25, 0.3) is 11.0 Å². The highest BCUT2D eigenvalue weighted by molar-refractivity contribution is 5.92. The van der Waals surface area contributed by atoms with E-state index in [1.807, 2.05) is 0 Å². The van der Waals surface area contributed by atoms with Crippen LogP contribution in [0.2, 0.25) is 0 Å². The third kappa shape index (κ3) is 6.18. The lowest BCUT2D eigenvalue weighted by Gasteiger charge is -2.22. The molecule has 3 aromatic rings. The molecule has 0 aliphatic carbocycles. The van der Waals surface area contributed by atoms with Crippen LogP contribution in [0.4, 0.5) is 4.39 Å². The van der Waals surface area contributed by atoms with E-state index in [9.17, 15) is 23.6 Å². The highest BCUT2D eigenvalue weighted by Gasteiger charge is 2.26. The first-order valence-electron chi connectivity index (χ1n) is 10.4. The second-order valence-electron chi connectivity index (χ2n) is 7.71. The van der Waals surface area contributed by atoms with E-state index in [0.717, 1.165) is 0 Å². The minimum atomic E-state index is -1.19. The largest absolute Gasteiger partial charge is 0.497 e. The summed E-state index contributed by atoms with van der Waals surface area (Å²) in [5.74, 6) is -2.01. The van der Waals surface area contributed by atoms with E-state index in [-0.39, 0.29) is 18.4 Å². The Morgan fingerprint density at radius 3 is 2.47 bits per heavy atom. The monoisotopic (exact) mass is 469 g/mol. The van der Waals surface area contributed by atoms with E-state index in [2.05, 4.69) is 10.6 Å². The number of nitrogens with two attached hydrogens (primary N) is 1. The van der Waals surface area contributed by atoms with E-state index in [1.165, 1.54) is 44.4 Å². The Morgan fingerprint density at radius 2 is 1.82 bits per heavy atom. The third-order valence-electron chi connectivity index (χ3n) is 5.14. The van der Waals surface area contributed by atoms with Gasteiger partial charge in [-0.2, -0.15) is 0 Å². The van der Waals surface area contributed by atoms with Crippen LogP contribution in [0.5, 0.6) is 5.75 Å². The molecule has 0 unspecified atom stereocenters. The van der Waals surface area contributed by atoms with Gasteiger partial charge < -0.3 is 25.5 Å². The van der Waals surface area contributed by atoms with Gasteiger partial charge in [0.2, 0.25) is 17.7 Å². The van der Waals surface area contributed by atoms with Gasteiger partial charge in [-0.15, -0.1) is 0 Å². The molecular formula is C24H24FN3O6. The summed E-state index contributed by atoms with van der Waals surface area (Å²) in [5.41, 5.74) is 6.03. The van der Waals surface area contributed by atoms with Crippen molar-refractivity contribution in [2.24, 2.45) is 5.73 Å². The number of hydrogen-bond acceptors (Lipinski definition) is 6. The Labute approximate surface area is 194 Å². The summed E-state index contributed by atoms with van der Waals surface area (Å²) in [6.07, 6.45) is -0.103. The van der Waals surface area contributed by atoms with Gasteiger partial charge in [0.25, 0.3) is 0 Å². The minimum Gasteiger partial charge on any atom is -0.497 e. The van der Waals surface area contributed by atoms with Crippen molar-refractivity contribution in [3.8, 4) is 5.75 Å². The van der Waals surface area contributed by atoms with E-state index >= 15 is 0 Å². The Hall–Kier alpha value is -4.21. The van der Waals surface area contributed by atoms with Crippen molar-refractivity contribution in [3.05, 3.63) is 75.9 Å². The standard InChI is InChI=1S/C24H24FN3O6/c1-13(29)27-20(9-14-4-3-5-16(25)8-14)24(32)28-19(23(26)31)10-15-11-22(30)34-21-12-17(33-2)6-7-18(15)21/h3-8,11-12,19-20H,9-10H2,1-2H3,(H2,26,31)(H,27,29)(H,28,32)/t19-,20-/m1/s1. The van der Waals surface area contributed by atoms with Crippen LogP contribution >= 0.6 is 0 Å². The summed E-state index contributed by atoms with van der Waals surface area (Å²) in [6, 6.07) is 9.41. The molecule has 2 atom stereocenters. The molecular weight excluding hydrogens is 445 g/mol. The second kappa shape index (κ2) is 10.6. The Bertz CT molecular complexity index is 1290. The van der Waals surface area contributed by atoms with E-state index < -0.39 is 41.2 Å². The van der Waals surface area contributed by atoms with Crippen LogP contribution in [-0.4, -0.2) is 36.9 Å². The molecule has 0 fully saturated rings. The van der Waals surface area contributed by atoms with Crippen molar-refractivity contribution < 1.29 is 27.9 Å². The zero-order valence-corrected chi connectivity index (χ0v) is 18.6. The van der Waals surface area contributed by atoms with Crippen LogP contribution in [0.15, 0.2) is 57.7 Å². The molecule has 2 aromatic carbocycles. The van der Waals surface area contributed by atoms with Crippen molar-refractivity contribution in [2.45, 2.75) is 31.8 Å². The van der Waals surface area contributed by atoms with Gasteiger partial charge in [0.15, 0.2) is 0 Å². The topological polar surface area (TPSA) is 141 Å². The summed E-state index contributed by atoms with van der Waals surface area (Å²) in [4.78, 5) is 48.8. The predicted octanol–water partition coefficient (Wildman–Crippen LogP) is 1.20. The zero-order valence-electron chi connectivity index (χ0n) is 18.6. The van der Waals surface area contributed by atoms with E-state index in [4.69, 9.17) is 14.9 Å². The number of hydrogen-bond donors (Lipinski definition) is 3. The number of primary amides is 1. The molecule has 0 aliphatic rings. The van der Waals surface area contributed by atoms with E-state index in [1.54, 1.807) is 18.2 Å². The van der Waals surface area contributed by atoms with Gasteiger partial charge in [0.05, 0.1) is 7.11 Å². The second-order valence-corrected chi connectivity index (χ2v) is 7.71. The molecule has 0 bridgehead atoms. The first-order chi connectivity index (χ1) is 16.2. The van der Waals surface area contributed by atoms with Crippen LogP contribution in [0.3, 0.4) is 0 Å². The maximum absolute atomic E-state index is 13.6. The Morgan fingerprint density at radius 1 is 1.06 bits per heavy atom. The van der Waals surface area contributed by atoms with Crippen LogP contribution < -0.4 is 26.7 Å². The number of carbonyl (C=O) groups excluding carboxylic acids is 3. The van der Waals surface area contributed by atoms with Crippen molar-refractivity contribution in [2.75, 3.05) is 7.11 Å². The fourth-order valence-electron chi connectivity index (χ4n) is 3.58. The molecule has 0 aliphatic heterocycles. The average Bonchev–Trinajstić information content (AvgIpc) is 2.77. The fourth-order valence-corrected chi connectivity index (χ4v) is 3.58. The number of ether oxygens (including phenoxy) is 1. The quantitative estimate of drug-likeness (QED) is 0.402. The first-order valence-corrected chi connectivity index (χ1v) is 10.4. The highest BCUT2D eigenvalue weighted by Crippen LogP contribution is 2.23. The van der Waals surface area contributed by atoms with Crippen molar-refractivity contribution >= 4 is 28.7 Å². The molecule has 3 rings (SSSR count). The lowest BCUT2D eigenvalue weighted by atomic mass is 10.0. The molecule has 34 heavy (non-hydrogen) atoms. The molecule has 3 amide bonds. The number of fused-ring (bicyclic) bond motifs is 1. The van der Waals surface area contributed by atoms with Crippen LogP contribution in [-0.2, 0) is 27.2 Å². The number of benzene rings is 2. The maximum Gasteiger partial charge on any atom is 0.336 e. The Balaban J connectivity index is 1.86. The van der Waals surface area contributed by atoms with Crippen LogP contribution in [0.1, 0.15) is 18.1 Å². The van der Waals surface area contributed by atoms with Crippen molar-refractivity contribution in [1.29, 1.82) is 0 Å². The summed E-state index contributed by atoms with van der Waals surface area (Å²) >= 11 is 0. The molecule has 0 saturated heterocycles. The van der Waals surface area contributed by atoms with Crippen LogP contribution in [0, 0.1) is 5.82 Å². The predicted molar refractivity (Wildman–Crippen MR) is 122 cm³/mol. The summed E-state index contributed by atoms with van der Waals surface area (Å²) in [5, 5.41) is 5.58.